The summed E-state index contributed by atoms with van der Waals surface area (Å²) in [5, 5.41) is 30.0. The van der Waals surface area contributed by atoms with Crippen LogP contribution < -0.4 is 26.0 Å². The maximum absolute atomic E-state index is 12.9. The number of ether oxygens (including phenoxy) is 1. The van der Waals surface area contributed by atoms with E-state index >= 15 is 0 Å². The van der Waals surface area contributed by atoms with E-state index in [9.17, 15) is 47.4 Å². The Hall–Kier alpha value is -5.52. The number of amides is 2. The highest BCUT2D eigenvalue weighted by atomic mass is 35.5. The standard InChI is InChI=1S/C33H33ClF3N7O8/c34-20-5-3-19(4-6-20)32(14-15-32)44-29-41-28(42-30(43-29)52-17-33(35,36)37)39-21-7-1-18(2-8-21)24(46)40-22(26(48)49)10-16-38-25(47)23(45)9-11-31(12-13-31)27(50)51/h1-8,22H,9-17H2,(H,38,47)(H,40,46)(H,48,49)(H,50,51)(H2,39,41,42,43,44)/t22-/m0/s1. The van der Waals surface area contributed by atoms with Crippen molar-refractivity contribution in [1.29, 1.82) is 0 Å². The number of benzene rings is 2. The monoisotopic (exact) mass is 747 g/mol. The molecule has 19 heteroatoms. The van der Waals surface area contributed by atoms with Crippen molar-refractivity contribution < 1.29 is 52.1 Å². The van der Waals surface area contributed by atoms with E-state index < -0.39 is 65.3 Å². The van der Waals surface area contributed by atoms with Gasteiger partial charge in [-0.05, 0) is 80.5 Å². The number of carboxylic acid groups (broad SMARTS) is 2. The van der Waals surface area contributed by atoms with Crippen LogP contribution in [0.2, 0.25) is 5.02 Å². The van der Waals surface area contributed by atoms with E-state index in [1.807, 2.05) is 12.1 Å². The number of ketones is 1. The van der Waals surface area contributed by atoms with E-state index in [2.05, 4.69) is 36.2 Å². The SMILES string of the molecule is O=C(CCC1(C(=O)O)CC1)C(=O)NCC[C@H](NC(=O)c1ccc(Nc2nc(NC3(c4ccc(Cl)cc4)CC3)nc(OCC(F)(F)F)n2)cc1)C(=O)O. The molecule has 0 saturated heterocycles. The fourth-order valence-corrected chi connectivity index (χ4v) is 5.35. The number of alkyl halides is 3. The van der Waals surface area contributed by atoms with Crippen LogP contribution in [0.1, 0.15) is 60.9 Å². The first-order chi connectivity index (χ1) is 24.6. The number of anilines is 3. The first kappa shape index (κ1) is 37.7. The highest BCUT2D eigenvalue weighted by Gasteiger charge is 2.50. The van der Waals surface area contributed by atoms with Crippen LogP contribution in [0.4, 0.5) is 30.8 Å². The molecule has 5 rings (SSSR count). The van der Waals surface area contributed by atoms with Gasteiger partial charge >= 0.3 is 24.1 Å². The molecule has 52 heavy (non-hydrogen) atoms. The smallest absolute Gasteiger partial charge is 0.422 e. The third kappa shape index (κ3) is 10.0. The number of carbonyl (C=O) groups excluding carboxylic acids is 3. The molecule has 0 aliphatic heterocycles. The molecular weight excluding hydrogens is 715 g/mol. The summed E-state index contributed by atoms with van der Waals surface area (Å²) >= 11 is 6.01. The average molecular weight is 748 g/mol. The number of halogens is 4. The Morgan fingerprint density at radius 2 is 1.56 bits per heavy atom. The van der Waals surface area contributed by atoms with Crippen molar-refractivity contribution in [3.8, 4) is 6.01 Å². The van der Waals surface area contributed by atoms with Crippen LogP contribution >= 0.6 is 11.6 Å². The Balaban J connectivity index is 1.18. The van der Waals surface area contributed by atoms with Crippen LogP contribution in [-0.4, -0.2) is 80.1 Å². The topological polar surface area (TPSA) is 222 Å². The molecule has 1 aromatic heterocycles. The molecule has 0 bridgehead atoms. The van der Waals surface area contributed by atoms with Gasteiger partial charge in [0.15, 0.2) is 6.61 Å². The number of hydrogen-bond acceptors (Lipinski definition) is 11. The Kier molecular flexibility index (Phi) is 11.2. The Bertz CT molecular complexity index is 1840. The lowest BCUT2D eigenvalue weighted by Crippen LogP contribution is -2.43. The average Bonchev–Trinajstić information content (AvgIpc) is 4.03. The number of hydrogen-bond donors (Lipinski definition) is 6. The molecule has 3 aromatic rings. The third-order valence-electron chi connectivity index (χ3n) is 8.59. The molecule has 1 heterocycles. The molecule has 276 valence electrons. The van der Waals surface area contributed by atoms with Gasteiger partial charge < -0.3 is 36.2 Å². The molecule has 2 amide bonds. The van der Waals surface area contributed by atoms with Crippen LogP contribution in [-0.2, 0) is 24.7 Å². The lowest BCUT2D eigenvalue weighted by molar-refractivity contribution is -0.154. The summed E-state index contributed by atoms with van der Waals surface area (Å²) in [6, 6.07) is 10.6. The van der Waals surface area contributed by atoms with Gasteiger partial charge in [-0.1, -0.05) is 23.7 Å². The van der Waals surface area contributed by atoms with Crippen LogP contribution in [0.15, 0.2) is 48.5 Å². The number of nitrogens with zero attached hydrogens (tertiary/aromatic N) is 3. The zero-order valence-electron chi connectivity index (χ0n) is 27.3. The highest BCUT2D eigenvalue weighted by molar-refractivity contribution is 6.36. The van der Waals surface area contributed by atoms with Crippen molar-refractivity contribution >= 4 is 58.7 Å². The van der Waals surface area contributed by atoms with E-state index in [0.717, 1.165) is 5.56 Å². The van der Waals surface area contributed by atoms with Crippen molar-refractivity contribution in [2.24, 2.45) is 5.41 Å². The number of aliphatic carboxylic acids is 2. The van der Waals surface area contributed by atoms with E-state index in [1.165, 1.54) is 24.3 Å². The Morgan fingerprint density at radius 3 is 2.13 bits per heavy atom. The summed E-state index contributed by atoms with van der Waals surface area (Å²) in [5.74, 6) is -5.19. The second-order valence-corrected chi connectivity index (χ2v) is 12.9. The summed E-state index contributed by atoms with van der Waals surface area (Å²) < 4.78 is 43.5. The largest absolute Gasteiger partial charge is 0.481 e. The molecule has 1 atom stereocenters. The van der Waals surface area contributed by atoms with Crippen molar-refractivity contribution in [3.63, 3.8) is 0 Å². The minimum Gasteiger partial charge on any atom is -0.481 e. The highest BCUT2D eigenvalue weighted by Crippen LogP contribution is 2.50. The van der Waals surface area contributed by atoms with E-state index in [0.29, 0.717) is 36.4 Å². The number of rotatable bonds is 18. The van der Waals surface area contributed by atoms with Gasteiger partial charge in [-0.3, -0.25) is 19.2 Å². The molecule has 15 nitrogen and oxygen atoms in total. The van der Waals surface area contributed by atoms with Gasteiger partial charge in [-0.2, -0.15) is 28.1 Å². The third-order valence-corrected chi connectivity index (χ3v) is 8.85. The number of nitrogens with one attached hydrogen (secondary N) is 4. The van der Waals surface area contributed by atoms with Crippen LogP contribution in [0.5, 0.6) is 6.01 Å². The molecule has 2 fully saturated rings. The van der Waals surface area contributed by atoms with E-state index in [4.69, 9.17) is 16.3 Å². The molecule has 2 aliphatic rings. The first-order valence-corrected chi connectivity index (χ1v) is 16.4. The molecule has 2 aliphatic carbocycles. The maximum atomic E-state index is 12.9. The fraction of sp³-hybridized carbons (Fsp3) is 0.394. The van der Waals surface area contributed by atoms with Crippen molar-refractivity contribution in [2.75, 3.05) is 23.8 Å². The van der Waals surface area contributed by atoms with Gasteiger partial charge in [0.1, 0.15) is 6.04 Å². The Labute approximate surface area is 298 Å². The summed E-state index contributed by atoms with van der Waals surface area (Å²) in [5.41, 5.74) is -0.298. The fourth-order valence-electron chi connectivity index (χ4n) is 5.22. The molecule has 0 spiro atoms. The number of carboxylic acids is 2. The molecule has 0 unspecified atom stereocenters. The van der Waals surface area contributed by atoms with Crippen LogP contribution in [0, 0.1) is 5.41 Å². The quantitative estimate of drug-likeness (QED) is 0.101. The van der Waals surface area contributed by atoms with E-state index in [-0.39, 0.29) is 43.3 Å². The van der Waals surface area contributed by atoms with Gasteiger partial charge in [0.2, 0.25) is 17.7 Å². The minimum absolute atomic E-state index is 0.0354. The first-order valence-electron chi connectivity index (χ1n) is 16.0. The summed E-state index contributed by atoms with van der Waals surface area (Å²) in [4.78, 5) is 72.4. The number of carbonyl (C=O) groups is 5. The number of Topliss-reactive ketones (excluding diaryl/α,β-unsaturated/α-hetero) is 1. The van der Waals surface area contributed by atoms with Crippen LogP contribution in [0.25, 0.3) is 0 Å². The van der Waals surface area contributed by atoms with Crippen molar-refractivity contribution in [3.05, 3.63) is 64.7 Å². The minimum atomic E-state index is -4.65. The van der Waals surface area contributed by atoms with Crippen molar-refractivity contribution in [2.45, 2.75) is 62.7 Å². The van der Waals surface area contributed by atoms with E-state index in [1.54, 1.807) is 12.1 Å². The zero-order chi connectivity index (χ0) is 37.7. The lowest BCUT2D eigenvalue weighted by atomic mass is 9.98. The van der Waals surface area contributed by atoms with Gasteiger partial charge in [-0.25, -0.2) is 4.79 Å². The maximum Gasteiger partial charge on any atom is 0.422 e. The van der Waals surface area contributed by atoms with Crippen molar-refractivity contribution in [1.82, 2.24) is 25.6 Å². The molecule has 0 radical (unpaired) electrons. The van der Waals surface area contributed by atoms with Gasteiger partial charge in [0, 0.05) is 29.2 Å². The van der Waals surface area contributed by atoms with Gasteiger partial charge in [-0.15, -0.1) is 0 Å². The molecular formula is C33H33ClF3N7O8. The predicted molar refractivity (Wildman–Crippen MR) is 177 cm³/mol. The van der Waals surface area contributed by atoms with Crippen LogP contribution in [0.3, 0.4) is 0 Å². The predicted octanol–water partition coefficient (Wildman–Crippen LogP) is 4.21. The molecule has 2 aromatic carbocycles. The zero-order valence-corrected chi connectivity index (χ0v) is 28.0. The van der Waals surface area contributed by atoms with Gasteiger partial charge in [0.05, 0.1) is 11.0 Å². The molecule has 2 saturated carbocycles. The number of aromatic nitrogens is 3. The second kappa shape index (κ2) is 15.4. The Morgan fingerprint density at radius 1 is 0.904 bits per heavy atom. The summed E-state index contributed by atoms with van der Waals surface area (Å²) in [6.45, 7) is -1.90. The summed E-state index contributed by atoms with van der Waals surface area (Å²) in [6.07, 6.45) is -2.87. The molecule has 6 N–H and O–H groups in total. The summed E-state index contributed by atoms with van der Waals surface area (Å²) in [7, 11) is 0. The van der Waals surface area contributed by atoms with Gasteiger partial charge in [0.25, 0.3) is 11.8 Å². The lowest BCUT2D eigenvalue weighted by Gasteiger charge is -2.19. The normalized spacial score (nSPS) is 15.8. The second-order valence-electron chi connectivity index (χ2n) is 12.5.